The summed E-state index contributed by atoms with van der Waals surface area (Å²) in [7, 11) is 0. The summed E-state index contributed by atoms with van der Waals surface area (Å²) in [5.74, 6) is 2.46. The van der Waals surface area contributed by atoms with Crippen LogP contribution in [0.2, 0.25) is 0 Å². The maximum Gasteiger partial charge on any atom is 0.275 e. The number of amides is 1. The van der Waals surface area contributed by atoms with Gasteiger partial charge >= 0.3 is 0 Å². The first-order valence-electron chi connectivity index (χ1n) is 10.8. The second kappa shape index (κ2) is 9.71. The number of carbonyl (C=O) groups excluding carboxylic acids is 1. The van der Waals surface area contributed by atoms with Crippen LogP contribution in [0.25, 0.3) is 0 Å². The lowest BCUT2D eigenvalue weighted by Crippen LogP contribution is -2.87. The molecule has 0 spiro atoms. The Hall–Kier alpha value is -3.25. The summed E-state index contributed by atoms with van der Waals surface area (Å²) in [5, 5.41) is 5.00. The first kappa shape index (κ1) is 21.0. The molecule has 1 amide bonds. The van der Waals surface area contributed by atoms with Crippen LogP contribution in [0.5, 0.6) is 11.5 Å². The third-order valence-electron chi connectivity index (χ3n) is 5.40. The fourth-order valence-electron chi connectivity index (χ4n) is 3.95. The van der Waals surface area contributed by atoms with E-state index >= 15 is 0 Å². The smallest absolute Gasteiger partial charge is 0.275 e. The molecule has 2 atom stereocenters. The lowest BCUT2D eigenvalue weighted by molar-refractivity contribution is -0.678. The van der Waals surface area contributed by atoms with Crippen LogP contribution >= 0.6 is 0 Å². The number of nitrogens with two attached hydrogens (primary N) is 1. The largest absolute Gasteiger partial charge is 0.494 e. The summed E-state index contributed by atoms with van der Waals surface area (Å²) in [6, 6.07) is 17.8. The number of benzene rings is 2. The van der Waals surface area contributed by atoms with Gasteiger partial charge in [-0.25, -0.2) is 0 Å². The van der Waals surface area contributed by atoms with Crippen molar-refractivity contribution >= 4 is 5.91 Å². The Balaban J connectivity index is 1.39. The molecule has 162 valence electrons. The van der Waals surface area contributed by atoms with E-state index in [0.717, 1.165) is 40.4 Å². The summed E-state index contributed by atoms with van der Waals surface area (Å²) in [6.07, 6.45) is 2.70. The van der Waals surface area contributed by atoms with Gasteiger partial charge in [0.15, 0.2) is 18.3 Å². The Morgan fingerprint density at radius 1 is 1.23 bits per heavy atom. The SMILES string of the molecule is CCOc1cc2c(cc1CNC(=O)C[NH2+][C@H](c1ccccc1)c1ccco1)O[C@H](C)C2. The van der Waals surface area contributed by atoms with Crippen LogP contribution in [-0.2, 0) is 17.8 Å². The van der Waals surface area contributed by atoms with Crippen molar-refractivity contribution in [1.82, 2.24) is 5.32 Å². The molecule has 4 rings (SSSR count). The highest BCUT2D eigenvalue weighted by atomic mass is 16.5. The van der Waals surface area contributed by atoms with E-state index in [4.69, 9.17) is 13.9 Å². The van der Waals surface area contributed by atoms with E-state index in [2.05, 4.69) is 12.2 Å². The van der Waals surface area contributed by atoms with Crippen molar-refractivity contribution in [3.05, 3.63) is 83.3 Å². The molecule has 0 aliphatic carbocycles. The molecule has 2 heterocycles. The normalized spacial score (nSPS) is 15.7. The molecule has 1 aromatic heterocycles. The van der Waals surface area contributed by atoms with Crippen molar-refractivity contribution in [3.63, 3.8) is 0 Å². The molecule has 0 radical (unpaired) electrons. The minimum absolute atomic E-state index is 0.0512. The number of rotatable bonds is 9. The summed E-state index contributed by atoms with van der Waals surface area (Å²) in [4.78, 5) is 12.6. The molecule has 0 bridgehead atoms. The molecule has 0 saturated heterocycles. The minimum atomic E-state index is -0.0733. The van der Waals surface area contributed by atoms with Gasteiger partial charge in [-0.2, -0.15) is 0 Å². The highest BCUT2D eigenvalue weighted by Gasteiger charge is 2.23. The van der Waals surface area contributed by atoms with E-state index in [1.165, 1.54) is 0 Å². The van der Waals surface area contributed by atoms with Crippen LogP contribution in [-0.4, -0.2) is 25.2 Å². The molecular formula is C25H29N2O4+. The number of carbonyl (C=O) groups is 1. The molecule has 0 saturated carbocycles. The van der Waals surface area contributed by atoms with Gasteiger partial charge in [-0.3, -0.25) is 4.79 Å². The van der Waals surface area contributed by atoms with E-state index in [9.17, 15) is 4.79 Å². The predicted octanol–water partition coefficient (Wildman–Crippen LogP) is 2.97. The lowest BCUT2D eigenvalue weighted by Gasteiger charge is -2.15. The summed E-state index contributed by atoms with van der Waals surface area (Å²) in [6.45, 7) is 5.26. The van der Waals surface area contributed by atoms with Crippen LogP contribution in [0.15, 0.2) is 65.3 Å². The molecule has 0 unspecified atom stereocenters. The van der Waals surface area contributed by atoms with E-state index in [-0.39, 0.29) is 24.6 Å². The molecule has 31 heavy (non-hydrogen) atoms. The molecular weight excluding hydrogens is 392 g/mol. The Bertz CT molecular complexity index is 1000. The van der Waals surface area contributed by atoms with Gasteiger partial charge in [0.05, 0.1) is 12.9 Å². The number of furan rings is 1. The van der Waals surface area contributed by atoms with E-state index in [1.807, 2.05) is 66.8 Å². The maximum absolute atomic E-state index is 12.6. The van der Waals surface area contributed by atoms with Crippen molar-refractivity contribution < 1.29 is 24.0 Å². The number of hydrogen-bond donors (Lipinski definition) is 2. The Morgan fingerprint density at radius 3 is 2.81 bits per heavy atom. The third kappa shape index (κ3) is 5.09. The van der Waals surface area contributed by atoms with Gasteiger partial charge in [0, 0.05) is 29.7 Å². The zero-order valence-corrected chi connectivity index (χ0v) is 18.0. The van der Waals surface area contributed by atoms with Gasteiger partial charge in [0.25, 0.3) is 5.91 Å². The second-order valence-electron chi connectivity index (χ2n) is 7.75. The van der Waals surface area contributed by atoms with Gasteiger partial charge in [0.2, 0.25) is 0 Å². The number of nitrogens with one attached hydrogen (secondary N) is 1. The average Bonchev–Trinajstić information content (AvgIpc) is 3.42. The van der Waals surface area contributed by atoms with Crippen molar-refractivity contribution in [2.24, 2.45) is 0 Å². The number of ether oxygens (including phenoxy) is 2. The van der Waals surface area contributed by atoms with Crippen LogP contribution in [0.3, 0.4) is 0 Å². The summed E-state index contributed by atoms with van der Waals surface area (Å²) >= 11 is 0. The van der Waals surface area contributed by atoms with Gasteiger partial charge in [-0.05, 0) is 38.1 Å². The number of hydrogen-bond acceptors (Lipinski definition) is 4. The summed E-state index contributed by atoms with van der Waals surface area (Å²) in [5.41, 5.74) is 3.17. The quantitative estimate of drug-likeness (QED) is 0.557. The first-order valence-corrected chi connectivity index (χ1v) is 10.8. The van der Waals surface area contributed by atoms with Crippen LogP contribution in [0.4, 0.5) is 0 Å². The molecule has 1 aliphatic heterocycles. The molecule has 1 aliphatic rings. The lowest BCUT2D eigenvalue weighted by atomic mass is 10.0. The molecule has 3 N–H and O–H groups in total. The van der Waals surface area contributed by atoms with E-state index in [0.29, 0.717) is 13.2 Å². The molecule has 0 fully saturated rings. The molecule has 3 aromatic rings. The Labute approximate surface area is 182 Å². The van der Waals surface area contributed by atoms with Crippen molar-refractivity contribution in [2.75, 3.05) is 13.2 Å². The Kier molecular flexibility index (Phi) is 6.57. The maximum atomic E-state index is 12.6. The highest BCUT2D eigenvalue weighted by Crippen LogP contribution is 2.35. The van der Waals surface area contributed by atoms with Crippen molar-refractivity contribution in [2.45, 2.75) is 39.0 Å². The zero-order chi connectivity index (χ0) is 21.6. The first-order chi connectivity index (χ1) is 15.1. The second-order valence-corrected chi connectivity index (χ2v) is 7.75. The van der Waals surface area contributed by atoms with Crippen LogP contribution in [0, 0.1) is 0 Å². The van der Waals surface area contributed by atoms with Crippen LogP contribution < -0.4 is 20.1 Å². The average molecular weight is 422 g/mol. The van der Waals surface area contributed by atoms with Crippen molar-refractivity contribution in [3.8, 4) is 11.5 Å². The van der Waals surface area contributed by atoms with Gasteiger partial charge < -0.3 is 24.5 Å². The van der Waals surface area contributed by atoms with Gasteiger partial charge in [0.1, 0.15) is 17.6 Å². The van der Waals surface area contributed by atoms with Crippen molar-refractivity contribution in [1.29, 1.82) is 0 Å². The standard InChI is InChI=1S/C25H28N2O4/c1-3-29-22-13-19-12-17(2)31-23(19)14-20(22)15-26-24(28)16-27-25(21-10-7-11-30-21)18-8-5-4-6-9-18/h4-11,13-14,17,25,27H,3,12,15-16H2,1-2H3,(H,26,28)/p+1/t17-,25-/m1/s1. The molecule has 6 nitrogen and oxygen atoms in total. The number of quaternary nitrogens is 1. The van der Waals surface area contributed by atoms with E-state index in [1.54, 1.807) is 6.26 Å². The molecule has 2 aromatic carbocycles. The van der Waals surface area contributed by atoms with E-state index < -0.39 is 0 Å². The van der Waals surface area contributed by atoms with Gasteiger partial charge in [-0.15, -0.1) is 0 Å². The summed E-state index contributed by atoms with van der Waals surface area (Å²) < 4.78 is 17.3. The fraction of sp³-hybridized carbons (Fsp3) is 0.320. The topological polar surface area (TPSA) is 77.3 Å². The van der Waals surface area contributed by atoms with Gasteiger partial charge in [-0.1, -0.05) is 30.3 Å². The third-order valence-corrected chi connectivity index (χ3v) is 5.40. The Morgan fingerprint density at radius 2 is 2.06 bits per heavy atom. The predicted molar refractivity (Wildman–Crippen MR) is 117 cm³/mol. The molecule has 6 heteroatoms. The fourth-order valence-corrected chi connectivity index (χ4v) is 3.95. The zero-order valence-electron chi connectivity index (χ0n) is 18.0. The minimum Gasteiger partial charge on any atom is -0.494 e. The number of fused-ring (bicyclic) bond motifs is 1. The van der Waals surface area contributed by atoms with Crippen LogP contribution in [0.1, 0.15) is 42.3 Å². The monoisotopic (exact) mass is 421 g/mol. The highest BCUT2D eigenvalue weighted by molar-refractivity contribution is 5.76.